The van der Waals surface area contributed by atoms with Gasteiger partial charge in [0.25, 0.3) is 0 Å². The average molecular weight is 469 g/mol. The maximum Gasteiger partial charge on any atom is 0.306 e. The van der Waals surface area contributed by atoms with E-state index in [9.17, 15) is 14.3 Å². The highest BCUT2D eigenvalue weighted by Gasteiger charge is 2.24. The van der Waals surface area contributed by atoms with Gasteiger partial charge in [0.1, 0.15) is 23.7 Å². The molecule has 2 aromatic heterocycles. The molecule has 2 heterocycles. The van der Waals surface area contributed by atoms with Crippen LogP contribution in [0.3, 0.4) is 0 Å². The fraction of sp³-hybridized carbons (Fsp3) is 0.333. The molecule has 178 valence electrons. The van der Waals surface area contributed by atoms with Crippen LogP contribution in [0.5, 0.6) is 17.5 Å². The Hall–Kier alpha value is -3.79. The lowest BCUT2D eigenvalue weighted by molar-refractivity contribution is -0.139. The van der Waals surface area contributed by atoms with E-state index in [0.29, 0.717) is 29.5 Å². The standard InChI is InChI=1S/C24H24FN3O6/c1-32-21-8-18(19(25)11-26-21)23-24(34-12-14-5-6-14)28-16(10-27-23)13-33-17-4-2-3-15(7-17)20(29)9-22(30)31/h2-4,7-8,10-11,14,20,29H,5-6,9,12-13H2,1H3,(H,30,31)/t20-/m1/s1. The number of carboxylic acid groups (broad SMARTS) is 1. The summed E-state index contributed by atoms with van der Waals surface area (Å²) in [5.41, 5.74) is 1.28. The maximum atomic E-state index is 14.5. The van der Waals surface area contributed by atoms with Gasteiger partial charge in [0, 0.05) is 11.6 Å². The monoisotopic (exact) mass is 469 g/mol. The molecular weight excluding hydrogens is 445 g/mol. The largest absolute Gasteiger partial charge is 0.487 e. The van der Waals surface area contributed by atoms with Gasteiger partial charge in [-0.25, -0.2) is 19.3 Å². The quantitative estimate of drug-likeness (QED) is 0.434. The molecule has 3 aromatic rings. The van der Waals surface area contributed by atoms with Crippen LogP contribution < -0.4 is 14.2 Å². The number of nitrogens with zero attached hydrogens (tertiary/aromatic N) is 3. The van der Waals surface area contributed by atoms with Gasteiger partial charge in [0.15, 0.2) is 5.82 Å². The first-order chi connectivity index (χ1) is 16.4. The Bertz CT molecular complexity index is 1170. The molecule has 34 heavy (non-hydrogen) atoms. The van der Waals surface area contributed by atoms with Gasteiger partial charge in [0.2, 0.25) is 11.8 Å². The van der Waals surface area contributed by atoms with Crippen LogP contribution in [0.25, 0.3) is 11.3 Å². The predicted molar refractivity (Wildman–Crippen MR) is 118 cm³/mol. The number of rotatable bonds is 11. The van der Waals surface area contributed by atoms with Gasteiger partial charge in [-0.05, 0) is 36.5 Å². The predicted octanol–water partition coefficient (Wildman–Crippen LogP) is 3.56. The number of aliphatic hydroxyl groups excluding tert-OH is 1. The second-order valence-electron chi connectivity index (χ2n) is 7.95. The molecule has 1 saturated carbocycles. The highest BCUT2D eigenvalue weighted by molar-refractivity contribution is 5.67. The molecule has 1 aliphatic carbocycles. The number of ether oxygens (including phenoxy) is 3. The Labute approximate surface area is 195 Å². The van der Waals surface area contributed by atoms with Crippen LogP contribution >= 0.6 is 0 Å². The topological polar surface area (TPSA) is 124 Å². The lowest BCUT2D eigenvalue weighted by Crippen LogP contribution is -2.08. The van der Waals surface area contributed by atoms with E-state index in [1.807, 2.05) is 0 Å². The SMILES string of the molecule is COc1cc(-c2ncc(COc3cccc([C@H](O)CC(=O)O)c3)nc2OCC2CC2)c(F)cn1. The number of aliphatic carboxylic acids is 1. The molecule has 10 heteroatoms. The van der Waals surface area contributed by atoms with Crippen molar-refractivity contribution in [1.82, 2.24) is 15.0 Å². The molecule has 0 unspecified atom stereocenters. The summed E-state index contributed by atoms with van der Waals surface area (Å²) in [6, 6.07) is 7.97. The van der Waals surface area contributed by atoms with Gasteiger partial charge in [-0.3, -0.25) is 4.79 Å². The van der Waals surface area contributed by atoms with Crippen molar-refractivity contribution in [2.75, 3.05) is 13.7 Å². The molecule has 0 spiro atoms. The molecule has 2 N–H and O–H groups in total. The summed E-state index contributed by atoms with van der Waals surface area (Å²) in [7, 11) is 1.44. The third-order valence-corrected chi connectivity index (χ3v) is 5.24. The number of pyridine rings is 1. The van der Waals surface area contributed by atoms with E-state index < -0.39 is 24.3 Å². The third kappa shape index (κ3) is 5.96. The van der Waals surface area contributed by atoms with Crippen LogP contribution in [0, 0.1) is 11.7 Å². The Kier molecular flexibility index (Phi) is 7.17. The third-order valence-electron chi connectivity index (χ3n) is 5.24. The number of benzene rings is 1. The molecular formula is C24H24FN3O6. The lowest BCUT2D eigenvalue weighted by atomic mass is 10.1. The van der Waals surface area contributed by atoms with Crippen LogP contribution in [-0.2, 0) is 11.4 Å². The second-order valence-corrected chi connectivity index (χ2v) is 7.95. The number of halogens is 1. The van der Waals surface area contributed by atoms with Gasteiger partial charge in [0.05, 0.1) is 38.6 Å². The summed E-state index contributed by atoms with van der Waals surface area (Å²) in [6.07, 6.45) is 3.13. The zero-order valence-corrected chi connectivity index (χ0v) is 18.5. The van der Waals surface area contributed by atoms with Crippen LogP contribution in [0.1, 0.15) is 36.6 Å². The Morgan fingerprint density at radius 3 is 2.76 bits per heavy atom. The molecule has 1 atom stereocenters. The van der Waals surface area contributed by atoms with Gasteiger partial charge in [-0.1, -0.05) is 12.1 Å². The lowest BCUT2D eigenvalue weighted by Gasteiger charge is -2.14. The van der Waals surface area contributed by atoms with Gasteiger partial charge >= 0.3 is 5.97 Å². The van der Waals surface area contributed by atoms with Crippen molar-refractivity contribution in [2.24, 2.45) is 5.92 Å². The van der Waals surface area contributed by atoms with Crippen molar-refractivity contribution in [3.63, 3.8) is 0 Å². The molecule has 4 rings (SSSR count). The normalized spacial score (nSPS) is 13.9. The molecule has 1 aliphatic rings. The van der Waals surface area contributed by atoms with E-state index >= 15 is 0 Å². The number of methoxy groups -OCH3 is 1. The van der Waals surface area contributed by atoms with E-state index in [0.717, 1.165) is 19.0 Å². The van der Waals surface area contributed by atoms with Crippen molar-refractivity contribution >= 4 is 5.97 Å². The van der Waals surface area contributed by atoms with Crippen molar-refractivity contribution < 1.29 is 33.6 Å². The van der Waals surface area contributed by atoms with Crippen molar-refractivity contribution in [3.8, 4) is 28.8 Å². The number of aromatic nitrogens is 3. The smallest absolute Gasteiger partial charge is 0.306 e. The summed E-state index contributed by atoms with van der Waals surface area (Å²) in [5.74, 6) is -0.373. The highest BCUT2D eigenvalue weighted by atomic mass is 19.1. The Balaban J connectivity index is 1.54. The van der Waals surface area contributed by atoms with Crippen LogP contribution in [0.4, 0.5) is 4.39 Å². The van der Waals surface area contributed by atoms with Crippen LogP contribution in [0.2, 0.25) is 0 Å². The summed E-state index contributed by atoms with van der Waals surface area (Å²) in [4.78, 5) is 23.6. The van der Waals surface area contributed by atoms with Crippen LogP contribution in [-0.4, -0.2) is 44.9 Å². The number of carbonyl (C=O) groups is 1. The molecule has 0 bridgehead atoms. The average Bonchev–Trinajstić information content (AvgIpc) is 3.66. The van der Waals surface area contributed by atoms with E-state index in [1.165, 1.54) is 19.4 Å². The zero-order valence-electron chi connectivity index (χ0n) is 18.5. The summed E-state index contributed by atoms with van der Waals surface area (Å²) in [6.45, 7) is 0.493. The first kappa shape index (κ1) is 23.4. The Morgan fingerprint density at radius 2 is 2.03 bits per heavy atom. The highest BCUT2D eigenvalue weighted by Crippen LogP contribution is 2.34. The molecule has 1 fully saturated rings. The molecule has 9 nitrogen and oxygen atoms in total. The molecule has 1 aromatic carbocycles. The number of carboxylic acids is 1. The molecule has 0 saturated heterocycles. The Morgan fingerprint density at radius 1 is 1.21 bits per heavy atom. The minimum Gasteiger partial charge on any atom is -0.487 e. The summed E-state index contributed by atoms with van der Waals surface area (Å²) < 4.78 is 31.3. The van der Waals surface area contributed by atoms with Gasteiger partial charge in [-0.15, -0.1) is 0 Å². The first-order valence-corrected chi connectivity index (χ1v) is 10.7. The number of hydrogen-bond acceptors (Lipinski definition) is 8. The number of hydrogen-bond donors (Lipinski definition) is 2. The molecule has 0 radical (unpaired) electrons. The second kappa shape index (κ2) is 10.4. The van der Waals surface area contributed by atoms with Gasteiger partial charge < -0.3 is 24.4 Å². The van der Waals surface area contributed by atoms with E-state index in [2.05, 4.69) is 15.0 Å². The van der Waals surface area contributed by atoms with Gasteiger partial charge in [-0.2, -0.15) is 0 Å². The minimum atomic E-state index is -1.14. The molecule has 0 aliphatic heterocycles. The summed E-state index contributed by atoms with van der Waals surface area (Å²) >= 11 is 0. The van der Waals surface area contributed by atoms with Crippen molar-refractivity contribution in [3.05, 3.63) is 59.8 Å². The zero-order chi connectivity index (χ0) is 24.1. The number of aliphatic hydroxyl groups is 1. The van der Waals surface area contributed by atoms with E-state index in [-0.39, 0.29) is 29.6 Å². The van der Waals surface area contributed by atoms with Crippen molar-refractivity contribution in [1.29, 1.82) is 0 Å². The first-order valence-electron chi connectivity index (χ1n) is 10.7. The molecule has 0 amide bonds. The fourth-order valence-corrected chi connectivity index (χ4v) is 3.21. The van der Waals surface area contributed by atoms with E-state index in [1.54, 1.807) is 24.3 Å². The van der Waals surface area contributed by atoms with Crippen LogP contribution in [0.15, 0.2) is 42.7 Å². The summed E-state index contributed by atoms with van der Waals surface area (Å²) in [5, 5.41) is 18.9. The van der Waals surface area contributed by atoms with E-state index in [4.69, 9.17) is 19.3 Å². The van der Waals surface area contributed by atoms with Crippen molar-refractivity contribution in [2.45, 2.75) is 32.0 Å². The maximum absolute atomic E-state index is 14.5. The minimum absolute atomic E-state index is 0.0354. The fourth-order valence-electron chi connectivity index (χ4n) is 3.21.